The zero-order chi connectivity index (χ0) is 19.6. The van der Waals surface area contributed by atoms with E-state index in [1.807, 2.05) is 54.6 Å². The van der Waals surface area contributed by atoms with Crippen LogP contribution in [0.15, 0.2) is 54.6 Å². The number of carbonyl (C=O) groups excluding carboxylic acids is 2. The first-order valence-corrected chi connectivity index (χ1v) is 9.16. The highest BCUT2D eigenvalue weighted by Gasteiger charge is 2.40. The van der Waals surface area contributed by atoms with Gasteiger partial charge in [0, 0.05) is 12.1 Å². The second-order valence-corrected chi connectivity index (χ2v) is 8.06. The largest absolute Gasteiger partial charge is 0.446 e. The van der Waals surface area contributed by atoms with Gasteiger partial charge in [-0.1, -0.05) is 63.2 Å². The second kappa shape index (κ2) is 7.43. The summed E-state index contributed by atoms with van der Waals surface area (Å²) in [6.45, 7) is 6.45. The third-order valence-electron chi connectivity index (χ3n) is 5.06. The maximum Gasteiger partial charge on any atom is 0.417 e. The summed E-state index contributed by atoms with van der Waals surface area (Å²) in [5.74, 6) is -0.299. The van der Waals surface area contributed by atoms with Gasteiger partial charge in [0.25, 0.3) is 0 Å². The summed E-state index contributed by atoms with van der Waals surface area (Å²) in [6, 6.07) is 16.7. The molecule has 2 atom stereocenters. The Balaban J connectivity index is 1.87. The van der Waals surface area contributed by atoms with Crippen molar-refractivity contribution in [1.29, 1.82) is 0 Å². The molecule has 5 heteroatoms. The van der Waals surface area contributed by atoms with Gasteiger partial charge in [-0.25, -0.2) is 9.69 Å². The fourth-order valence-electron chi connectivity index (χ4n) is 3.59. The fourth-order valence-corrected chi connectivity index (χ4v) is 3.59. The van der Waals surface area contributed by atoms with Gasteiger partial charge in [-0.2, -0.15) is 0 Å². The molecule has 1 unspecified atom stereocenters. The van der Waals surface area contributed by atoms with Gasteiger partial charge in [-0.3, -0.25) is 4.79 Å². The fraction of sp³-hybridized carbons (Fsp3) is 0.364. The molecule has 2 aromatic rings. The molecular weight excluding hydrogens is 340 g/mol. The summed E-state index contributed by atoms with van der Waals surface area (Å²) >= 11 is 0. The lowest BCUT2D eigenvalue weighted by atomic mass is 9.74. The van der Waals surface area contributed by atoms with Crippen LogP contribution in [0.2, 0.25) is 0 Å². The van der Waals surface area contributed by atoms with Crippen molar-refractivity contribution in [2.24, 2.45) is 5.41 Å². The molecule has 1 saturated heterocycles. The van der Waals surface area contributed by atoms with E-state index in [9.17, 15) is 9.59 Å². The van der Waals surface area contributed by atoms with Crippen LogP contribution in [0.25, 0.3) is 0 Å². The van der Waals surface area contributed by atoms with E-state index in [1.165, 1.54) is 4.90 Å². The Bertz CT molecular complexity index is 827. The molecule has 2 amide bonds. The van der Waals surface area contributed by atoms with Crippen LogP contribution in [0.5, 0.6) is 0 Å². The highest BCUT2D eigenvalue weighted by atomic mass is 16.6. The number of anilines is 1. The van der Waals surface area contributed by atoms with E-state index in [1.54, 1.807) is 0 Å². The van der Waals surface area contributed by atoms with Gasteiger partial charge in [-0.05, 0) is 34.6 Å². The molecule has 27 heavy (non-hydrogen) atoms. The Labute approximate surface area is 160 Å². The first kappa shape index (κ1) is 19.0. The molecular formula is C22H26N2O3. The van der Waals surface area contributed by atoms with E-state index in [4.69, 9.17) is 10.5 Å². The molecule has 0 bridgehead atoms. The Kier molecular flexibility index (Phi) is 5.22. The van der Waals surface area contributed by atoms with E-state index in [0.717, 1.165) is 11.1 Å². The van der Waals surface area contributed by atoms with Gasteiger partial charge in [0.2, 0.25) is 5.91 Å². The zero-order valence-corrected chi connectivity index (χ0v) is 16.0. The first-order chi connectivity index (χ1) is 12.8. The van der Waals surface area contributed by atoms with Gasteiger partial charge in [0.1, 0.15) is 12.6 Å². The molecule has 2 aromatic carbocycles. The maximum absolute atomic E-state index is 13.1. The number of nitrogen functional groups attached to an aromatic ring is 1. The molecule has 142 valence electrons. The SMILES string of the molecule is CC(C)(C)[C@H](CC(=O)N1C(=O)OCC1c1ccccc1)c1cccc(N)c1. The molecule has 1 aliphatic heterocycles. The minimum Gasteiger partial charge on any atom is -0.446 e. The van der Waals surface area contributed by atoms with Crippen LogP contribution >= 0.6 is 0 Å². The third-order valence-corrected chi connectivity index (χ3v) is 5.06. The number of carbonyl (C=O) groups is 2. The average molecular weight is 366 g/mol. The van der Waals surface area contributed by atoms with E-state index >= 15 is 0 Å². The first-order valence-electron chi connectivity index (χ1n) is 9.16. The van der Waals surface area contributed by atoms with E-state index in [2.05, 4.69) is 20.8 Å². The number of hydrogen-bond donors (Lipinski definition) is 1. The molecule has 1 aliphatic rings. The van der Waals surface area contributed by atoms with Crippen molar-refractivity contribution in [2.45, 2.75) is 39.2 Å². The summed E-state index contributed by atoms with van der Waals surface area (Å²) in [4.78, 5) is 26.7. The van der Waals surface area contributed by atoms with Crippen LogP contribution in [-0.4, -0.2) is 23.5 Å². The van der Waals surface area contributed by atoms with Crippen LogP contribution in [0, 0.1) is 5.41 Å². The summed E-state index contributed by atoms with van der Waals surface area (Å²) < 4.78 is 5.19. The van der Waals surface area contributed by atoms with Crippen molar-refractivity contribution in [2.75, 3.05) is 12.3 Å². The number of amides is 2. The molecule has 5 nitrogen and oxygen atoms in total. The zero-order valence-electron chi connectivity index (χ0n) is 16.0. The number of cyclic esters (lactones) is 1. The highest BCUT2D eigenvalue weighted by Crippen LogP contribution is 2.40. The molecule has 3 rings (SSSR count). The number of nitrogens with two attached hydrogens (primary N) is 1. The highest BCUT2D eigenvalue weighted by molar-refractivity contribution is 5.94. The molecule has 0 radical (unpaired) electrons. The third kappa shape index (κ3) is 4.13. The molecule has 2 N–H and O–H groups in total. The van der Waals surface area contributed by atoms with Crippen molar-refractivity contribution in [3.63, 3.8) is 0 Å². The number of rotatable bonds is 4. The van der Waals surface area contributed by atoms with Gasteiger partial charge >= 0.3 is 6.09 Å². The lowest BCUT2D eigenvalue weighted by Crippen LogP contribution is -2.36. The van der Waals surface area contributed by atoms with Gasteiger partial charge in [0.05, 0.1) is 0 Å². The Morgan fingerprint density at radius 2 is 1.89 bits per heavy atom. The van der Waals surface area contributed by atoms with Crippen LogP contribution in [-0.2, 0) is 9.53 Å². The molecule has 0 spiro atoms. The van der Waals surface area contributed by atoms with Gasteiger partial charge in [0.15, 0.2) is 0 Å². The summed E-state index contributed by atoms with van der Waals surface area (Å²) in [5.41, 5.74) is 8.33. The van der Waals surface area contributed by atoms with Crippen LogP contribution in [0.3, 0.4) is 0 Å². The monoisotopic (exact) mass is 366 g/mol. The second-order valence-electron chi connectivity index (χ2n) is 8.06. The number of benzene rings is 2. The average Bonchev–Trinajstić information content (AvgIpc) is 3.01. The minimum absolute atomic E-state index is 0.0710. The minimum atomic E-state index is -0.575. The smallest absolute Gasteiger partial charge is 0.417 e. The lowest BCUT2D eigenvalue weighted by Gasteiger charge is -2.32. The predicted molar refractivity (Wildman–Crippen MR) is 105 cm³/mol. The molecule has 1 fully saturated rings. The predicted octanol–water partition coefficient (Wildman–Crippen LogP) is 4.51. The van der Waals surface area contributed by atoms with E-state index in [0.29, 0.717) is 5.69 Å². The van der Waals surface area contributed by atoms with Crippen LogP contribution in [0.4, 0.5) is 10.5 Å². The summed E-state index contributed by atoms with van der Waals surface area (Å²) in [7, 11) is 0. The Hall–Kier alpha value is -2.82. The summed E-state index contributed by atoms with van der Waals surface area (Å²) in [5, 5.41) is 0. The number of ether oxygens (including phenoxy) is 1. The standard InChI is InChI=1S/C22H26N2O3/c1-22(2,3)18(16-10-7-11-17(23)12-16)13-20(25)24-19(14-27-21(24)26)15-8-5-4-6-9-15/h4-12,18-19H,13-14,23H2,1-3H3/t18-,19?/m1/s1. The van der Waals surface area contributed by atoms with Crippen molar-refractivity contribution < 1.29 is 14.3 Å². The maximum atomic E-state index is 13.1. The number of nitrogens with zero attached hydrogens (tertiary/aromatic N) is 1. The normalized spacial score (nSPS) is 18.3. The van der Waals surface area contributed by atoms with E-state index < -0.39 is 6.09 Å². The van der Waals surface area contributed by atoms with Crippen molar-refractivity contribution in [3.05, 3.63) is 65.7 Å². The molecule has 0 aromatic heterocycles. The van der Waals surface area contributed by atoms with Gasteiger partial charge in [-0.15, -0.1) is 0 Å². The Morgan fingerprint density at radius 1 is 1.19 bits per heavy atom. The molecule has 0 saturated carbocycles. The van der Waals surface area contributed by atoms with Crippen molar-refractivity contribution in [3.8, 4) is 0 Å². The molecule has 0 aliphatic carbocycles. The van der Waals surface area contributed by atoms with Crippen LogP contribution in [0.1, 0.15) is 50.3 Å². The summed E-state index contributed by atoms with van der Waals surface area (Å²) in [6.07, 6.45) is -0.361. The van der Waals surface area contributed by atoms with Crippen molar-refractivity contribution >= 4 is 17.7 Å². The van der Waals surface area contributed by atoms with Crippen molar-refractivity contribution in [1.82, 2.24) is 4.90 Å². The van der Waals surface area contributed by atoms with E-state index in [-0.39, 0.29) is 36.3 Å². The molecule has 1 heterocycles. The number of imide groups is 1. The van der Waals surface area contributed by atoms with Crippen LogP contribution < -0.4 is 5.73 Å². The quantitative estimate of drug-likeness (QED) is 0.808. The topological polar surface area (TPSA) is 72.6 Å². The Morgan fingerprint density at radius 3 is 2.52 bits per heavy atom. The van der Waals surface area contributed by atoms with Gasteiger partial charge < -0.3 is 10.5 Å². The number of hydrogen-bond acceptors (Lipinski definition) is 4. The lowest BCUT2D eigenvalue weighted by molar-refractivity contribution is -0.130.